The molecule has 1 atom stereocenters. The van der Waals surface area contributed by atoms with Crippen LogP contribution in [0.5, 0.6) is 5.75 Å². The normalized spacial score (nSPS) is 14.5. The lowest BCUT2D eigenvalue weighted by molar-refractivity contribution is -0.120. The number of ketones is 1. The summed E-state index contributed by atoms with van der Waals surface area (Å²) in [5, 5.41) is 0.952. The van der Waals surface area contributed by atoms with Gasteiger partial charge in [0.25, 0.3) is 11.5 Å². The highest BCUT2D eigenvalue weighted by atomic mass is 16.5. The van der Waals surface area contributed by atoms with E-state index >= 15 is 0 Å². The lowest BCUT2D eigenvalue weighted by Gasteiger charge is -2.26. The minimum atomic E-state index is -0.699. The van der Waals surface area contributed by atoms with Crippen LogP contribution in [0.2, 0.25) is 0 Å². The molecule has 6 heteroatoms. The summed E-state index contributed by atoms with van der Waals surface area (Å²) in [6.07, 6.45) is 0. The Morgan fingerprint density at radius 2 is 1.83 bits per heavy atom. The average molecular weight is 390 g/mol. The van der Waals surface area contributed by atoms with E-state index in [0.717, 1.165) is 22.0 Å². The van der Waals surface area contributed by atoms with Crippen LogP contribution < -0.4 is 15.2 Å². The van der Waals surface area contributed by atoms with E-state index in [2.05, 4.69) is 0 Å². The van der Waals surface area contributed by atoms with Crippen molar-refractivity contribution in [1.82, 2.24) is 4.57 Å². The lowest BCUT2D eigenvalue weighted by Crippen LogP contribution is -2.35. The van der Waals surface area contributed by atoms with Gasteiger partial charge in [0.2, 0.25) is 0 Å². The SMILES string of the molecule is Cc1cc(=O)n(C(C)C(=O)c2ccc3c(c2)N(C)C(=O)CO3)c2c(C)cccc12. The van der Waals surface area contributed by atoms with Gasteiger partial charge in [-0.15, -0.1) is 0 Å². The molecule has 1 aliphatic heterocycles. The predicted octanol–water partition coefficient (Wildman–Crippen LogP) is 3.42. The third-order valence-corrected chi connectivity index (χ3v) is 5.58. The monoisotopic (exact) mass is 390 g/mol. The number of likely N-dealkylation sites (N-methyl/N-ethyl adjacent to an activating group) is 1. The van der Waals surface area contributed by atoms with Crippen LogP contribution in [0, 0.1) is 13.8 Å². The highest BCUT2D eigenvalue weighted by Crippen LogP contribution is 2.33. The number of para-hydroxylation sites is 1. The molecule has 0 fully saturated rings. The van der Waals surface area contributed by atoms with Crippen molar-refractivity contribution in [1.29, 1.82) is 0 Å². The first-order valence-corrected chi connectivity index (χ1v) is 9.48. The van der Waals surface area contributed by atoms with Gasteiger partial charge in [-0.2, -0.15) is 0 Å². The van der Waals surface area contributed by atoms with Crippen LogP contribution in [0.15, 0.2) is 47.3 Å². The van der Waals surface area contributed by atoms with Crippen LogP contribution in [-0.4, -0.2) is 29.9 Å². The maximum Gasteiger partial charge on any atom is 0.264 e. The fourth-order valence-corrected chi connectivity index (χ4v) is 3.91. The first kappa shape index (κ1) is 18.9. The number of amides is 1. The van der Waals surface area contributed by atoms with Crippen LogP contribution in [0.4, 0.5) is 5.69 Å². The Balaban J connectivity index is 1.83. The second-order valence-electron chi connectivity index (χ2n) is 7.47. The van der Waals surface area contributed by atoms with Gasteiger partial charge in [0.15, 0.2) is 12.4 Å². The number of aromatic nitrogens is 1. The molecule has 2 heterocycles. The Bertz CT molecular complexity index is 1230. The van der Waals surface area contributed by atoms with Gasteiger partial charge in [0.05, 0.1) is 17.2 Å². The van der Waals surface area contributed by atoms with Crippen molar-refractivity contribution < 1.29 is 14.3 Å². The number of aryl methyl sites for hydroxylation is 2. The van der Waals surface area contributed by atoms with Crippen LogP contribution >= 0.6 is 0 Å². The molecular weight excluding hydrogens is 368 g/mol. The van der Waals surface area contributed by atoms with E-state index in [9.17, 15) is 14.4 Å². The predicted molar refractivity (Wildman–Crippen MR) is 112 cm³/mol. The van der Waals surface area contributed by atoms with E-state index in [0.29, 0.717) is 17.0 Å². The van der Waals surface area contributed by atoms with E-state index in [1.54, 1.807) is 42.8 Å². The second-order valence-corrected chi connectivity index (χ2v) is 7.47. The number of fused-ring (bicyclic) bond motifs is 2. The van der Waals surface area contributed by atoms with Gasteiger partial charge >= 0.3 is 0 Å². The van der Waals surface area contributed by atoms with Gasteiger partial charge < -0.3 is 9.64 Å². The minimum Gasteiger partial charge on any atom is -0.482 e. The van der Waals surface area contributed by atoms with Crippen molar-refractivity contribution in [3.63, 3.8) is 0 Å². The van der Waals surface area contributed by atoms with Crippen molar-refractivity contribution in [3.05, 3.63) is 69.5 Å². The zero-order valence-corrected chi connectivity index (χ0v) is 16.9. The number of ether oxygens (including phenoxy) is 1. The molecular formula is C23H22N2O4. The fourth-order valence-electron chi connectivity index (χ4n) is 3.91. The molecule has 0 spiro atoms. The summed E-state index contributed by atoms with van der Waals surface area (Å²) >= 11 is 0. The molecule has 0 radical (unpaired) electrons. The fraction of sp³-hybridized carbons (Fsp3) is 0.261. The van der Waals surface area contributed by atoms with Gasteiger partial charge in [0, 0.05) is 24.1 Å². The molecule has 0 bridgehead atoms. The number of pyridine rings is 1. The third-order valence-electron chi connectivity index (χ3n) is 5.58. The molecule has 1 amide bonds. The van der Waals surface area contributed by atoms with Gasteiger partial charge in [-0.1, -0.05) is 18.2 Å². The Labute approximate surface area is 168 Å². The molecule has 29 heavy (non-hydrogen) atoms. The van der Waals surface area contributed by atoms with Crippen molar-refractivity contribution >= 4 is 28.3 Å². The van der Waals surface area contributed by atoms with E-state index in [4.69, 9.17) is 4.74 Å². The van der Waals surface area contributed by atoms with Crippen LogP contribution in [0.1, 0.15) is 34.5 Å². The van der Waals surface area contributed by atoms with Crippen molar-refractivity contribution in [2.45, 2.75) is 26.8 Å². The molecule has 3 aromatic rings. The Morgan fingerprint density at radius 1 is 1.07 bits per heavy atom. The molecule has 0 N–H and O–H groups in total. The van der Waals surface area contributed by atoms with Crippen molar-refractivity contribution in [3.8, 4) is 5.75 Å². The first-order valence-electron chi connectivity index (χ1n) is 9.48. The number of benzene rings is 2. The van der Waals surface area contributed by atoms with Gasteiger partial charge in [-0.05, 0) is 50.1 Å². The number of carbonyl (C=O) groups excluding carboxylic acids is 2. The average Bonchev–Trinajstić information content (AvgIpc) is 2.70. The summed E-state index contributed by atoms with van der Waals surface area (Å²) in [4.78, 5) is 39.6. The molecule has 2 aromatic carbocycles. The molecule has 1 aromatic heterocycles. The van der Waals surface area contributed by atoms with Crippen molar-refractivity contribution in [2.24, 2.45) is 0 Å². The summed E-state index contributed by atoms with van der Waals surface area (Å²) in [6.45, 7) is 5.55. The van der Waals surface area contributed by atoms with Gasteiger partial charge in [-0.25, -0.2) is 0 Å². The number of rotatable bonds is 3. The number of carbonyl (C=O) groups is 2. The van der Waals surface area contributed by atoms with E-state index in [-0.39, 0.29) is 23.9 Å². The summed E-state index contributed by atoms with van der Waals surface area (Å²) < 4.78 is 6.99. The number of hydrogen-bond donors (Lipinski definition) is 0. The Morgan fingerprint density at radius 3 is 2.59 bits per heavy atom. The molecule has 6 nitrogen and oxygen atoms in total. The maximum absolute atomic E-state index is 13.3. The van der Waals surface area contributed by atoms with Crippen LogP contribution in [-0.2, 0) is 4.79 Å². The summed E-state index contributed by atoms with van der Waals surface area (Å²) in [5.41, 5.74) is 3.36. The third kappa shape index (κ3) is 3.01. The smallest absolute Gasteiger partial charge is 0.264 e. The summed E-state index contributed by atoms with van der Waals surface area (Å²) in [6, 6.07) is 11.7. The zero-order chi connectivity index (χ0) is 20.9. The van der Waals surface area contributed by atoms with E-state index < -0.39 is 6.04 Å². The number of nitrogens with zero attached hydrogens (tertiary/aromatic N) is 2. The molecule has 1 unspecified atom stereocenters. The van der Waals surface area contributed by atoms with Gasteiger partial charge in [0.1, 0.15) is 5.75 Å². The zero-order valence-electron chi connectivity index (χ0n) is 16.9. The molecule has 0 saturated heterocycles. The maximum atomic E-state index is 13.3. The van der Waals surface area contributed by atoms with Crippen molar-refractivity contribution in [2.75, 3.05) is 18.6 Å². The standard InChI is InChI=1S/C23H22N2O4/c1-13-6-5-7-17-14(2)10-20(26)25(22(13)17)15(3)23(28)16-8-9-19-18(11-16)24(4)21(27)12-29-19/h5-11,15H,12H2,1-4H3. The highest BCUT2D eigenvalue weighted by molar-refractivity contribution is 6.03. The topological polar surface area (TPSA) is 68.6 Å². The Hall–Kier alpha value is -3.41. The van der Waals surface area contributed by atoms with E-state index in [1.165, 1.54) is 4.90 Å². The number of Topliss-reactive ketones (excluding diaryl/α,β-unsaturated/α-hetero) is 1. The van der Waals surface area contributed by atoms with Gasteiger partial charge in [-0.3, -0.25) is 19.0 Å². The lowest BCUT2D eigenvalue weighted by atomic mass is 10.0. The highest BCUT2D eigenvalue weighted by Gasteiger charge is 2.26. The van der Waals surface area contributed by atoms with Crippen LogP contribution in [0.25, 0.3) is 10.9 Å². The number of hydrogen-bond acceptors (Lipinski definition) is 4. The Kier molecular flexibility index (Phi) is 4.49. The quantitative estimate of drug-likeness (QED) is 0.643. The second kappa shape index (κ2) is 6.88. The van der Waals surface area contributed by atoms with Crippen LogP contribution in [0.3, 0.4) is 0 Å². The largest absolute Gasteiger partial charge is 0.482 e. The molecule has 148 valence electrons. The summed E-state index contributed by atoms with van der Waals surface area (Å²) in [7, 11) is 1.66. The molecule has 0 aliphatic carbocycles. The first-order chi connectivity index (χ1) is 13.8. The van der Waals surface area contributed by atoms with E-state index in [1.807, 2.05) is 32.0 Å². The summed E-state index contributed by atoms with van der Waals surface area (Å²) in [5.74, 6) is 0.186. The molecule has 1 aliphatic rings. The number of anilines is 1. The molecule has 4 rings (SSSR count). The minimum absolute atomic E-state index is 0.0166. The molecule has 0 saturated carbocycles.